The third kappa shape index (κ3) is 17.9. The molecular formula is C44H69NO10. The summed E-state index contributed by atoms with van der Waals surface area (Å²) in [5.41, 5.74) is -2.42. The van der Waals surface area contributed by atoms with E-state index in [9.17, 15) is 19.5 Å². The van der Waals surface area contributed by atoms with Crippen LogP contribution >= 0.6 is 0 Å². The van der Waals surface area contributed by atoms with Crippen LogP contribution in [0.5, 0.6) is 5.75 Å². The molecule has 0 spiro atoms. The fourth-order valence-corrected chi connectivity index (χ4v) is 6.60. The molecule has 11 nitrogen and oxygen atoms in total. The first-order chi connectivity index (χ1) is 26.3. The van der Waals surface area contributed by atoms with E-state index in [2.05, 4.69) is 24.1 Å². The Morgan fingerprint density at radius 2 is 1.58 bits per heavy atom. The number of rotatable bonds is 27. The summed E-state index contributed by atoms with van der Waals surface area (Å²) in [5, 5.41) is 14.9. The number of allylic oxidation sites excluding steroid dienone is 1. The summed E-state index contributed by atoms with van der Waals surface area (Å²) in [6.07, 6.45) is 15.9. The molecule has 1 aromatic carbocycles. The van der Waals surface area contributed by atoms with E-state index in [1.807, 2.05) is 6.08 Å². The molecule has 11 heteroatoms. The third-order valence-electron chi connectivity index (χ3n) is 9.59. The highest BCUT2D eigenvalue weighted by molar-refractivity contribution is 5.93. The molecule has 1 aromatic rings. The molecule has 1 aliphatic rings. The van der Waals surface area contributed by atoms with Gasteiger partial charge >= 0.3 is 11.9 Å². The average Bonchev–Trinajstić information content (AvgIpc) is 3.62. The Morgan fingerprint density at radius 1 is 0.945 bits per heavy atom. The molecule has 55 heavy (non-hydrogen) atoms. The van der Waals surface area contributed by atoms with Gasteiger partial charge in [0.25, 0.3) is 0 Å². The second-order valence-corrected chi connectivity index (χ2v) is 15.3. The Hall–Kier alpha value is -3.43. The van der Waals surface area contributed by atoms with Gasteiger partial charge in [-0.25, -0.2) is 9.59 Å². The predicted octanol–water partition coefficient (Wildman–Crippen LogP) is 7.41. The highest BCUT2D eigenvalue weighted by Gasteiger charge is 2.49. The van der Waals surface area contributed by atoms with Gasteiger partial charge in [-0.05, 0) is 83.9 Å². The number of carbonyl (C=O) groups excluding carboxylic acids is 3. The lowest BCUT2D eigenvalue weighted by molar-refractivity contribution is -0.184. The zero-order valence-corrected chi connectivity index (χ0v) is 34.7. The number of methoxy groups -OCH3 is 2. The van der Waals surface area contributed by atoms with Crippen molar-refractivity contribution in [1.29, 1.82) is 0 Å². The van der Waals surface area contributed by atoms with Crippen LogP contribution < -0.4 is 10.1 Å². The minimum atomic E-state index is -2.24. The number of benzene rings is 1. The molecule has 1 heterocycles. The number of hydrogen-bond acceptors (Lipinski definition) is 10. The number of nitrogens with one attached hydrogen (secondary N) is 1. The second-order valence-electron chi connectivity index (χ2n) is 15.3. The van der Waals surface area contributed by atoms with Crippen molar-refractivity contribution in [2.45, 2.75) is 154 Å². The van der Waals surface area contributed by atoms with Gasteiger partial charge in [0.2, 0.25) is 5.91 Å². The molecule has 1 aliphatic heterocycles. The molecule has 310 valence electrons. The van der Waals surface area contributed by atoms with Gasteiger partial charge in [0, 0.05) is 33.0 Å². The molecule has 1 fully saturated rings. The maximum absolute atomic E-state index is 14.2. The number of esters is 2. The van der Waals surface area contributed by atoms with Crippen LogP contribution in [0.4, 0.5) is 0 Å². The maximum atomic E-state index is 14.2. The summed E-state index contributed by atoms with van der Waals surface area (Å²) >= 11 is 0. The highest BCUT2D eigenvalue weighted by atomic mass is 16.7. The van der Waals surface area contributed by atoms with Gasteiger partial charge in [0.1, 0.15) is 24.0 Å². The van der Waals surface area contributed by atoms with Crippen LogP contribution in [0.2, 0.25) is 0 Å². The van der Waals surface area contributed by atoms with E-state index in [1.165, 1.54) is 39.9 Å². The van der Waals surface area contributed by atoms with Gasteiger partial charge in [-0.3, -0.25) is 4.79 Å². The first-order valence-electron chi connectivity index (χ1n) is 20.2. The van der Waals surface area contributed by atoms with E-state index in [1.54, 1.807) is 58.0 Å². The van der Waals surface area contributed by atoms with Crippen molar-refractivity contribution in [3.63, 3.8) is 0 Å². The van der Waals surface area contributed by atoms with Crippen molar-refractivity contribution in [3.8, 4) is 17.6 Å². The van der Waals surface area contributed by atoms with E-state index in [0.717, 1.165) is 50.5 Å². The second kappa shape index (κ2) is 25.7. The van der Waals surface area contributed by atoms with Crippen molar-refractivity contribution in [1.82, 2.24) is 5.32 Å². The van der Waals surface area contributed by atoms with Gasteiger partial charge in [-0.1, -0.05) is 75.7 Å². The topological polar surface area (TPSA) is 139 Å². The molecule has 0 aliphatic carbocycles. The maximum Gasteiger partial charge on any atom is 0.339 e. The van der Waals surface area contributed by atoms with E-state index in [-0.39, 0.29) is 32.5 Å². The molecule has 3 atom stereocenters. The zero-order valence-electron chi connectivity index (χ0n) is 34.7. The summed E-state index contributed by atoms with van der Waals surface area (Å²) in [6, 6.07) is 6.00. The number of aliphatic hydroxyl groups is 1. The standard InChI is InChI=1S/C44H69NO10/c1-8-10-12-16-19-27-43(53-32-33-54-43)28-20-17-14-13-15-18-22-37(44(49,29-21-30-50-6)41(48)55-42(3,4)5)39(46)45-38(40(47)51-7)34-35-23-25-36(26-24-35)52-31-11-9-2/h18,22-26,37-38,49H,8,10,12-17,19-21,27-34H2,1-7H3,(H,45,46)/b22-18+/t37-,38+,44+/m1/s1. The van der Waals surface area contributed by atoms with Crippen LogP contribution in [0.1, 0.15) is 130 Å². The number of hydrogen-bond donors (Lipinski definition) is 2. The van der Waals surface area contributed by atoms with E-state index >= 15 is 0 Å². The lowest BCUT2D eigenvalue weighted by Crippen LogP contribution is -2.56. The predicted molar refractivity (Wildman–Crippen MR) is 213 cm³/mol. The summed E-state index contributed by atoms with van der Waals surface area (Å²) in [6.45, 7) is 10.9. The number of ether oxygens (including phenoxy) is 6. The average molecular weight is 772 g/mol. The van der Waals surface area contributed by atoms with Crippen LogP contribution in [0.25, 0.3) is 0 Å². The fourth-order valence-electron chi connectivity index (χ4n) is 6.60. The molecule has 0 bridgehead atoms. The summed E-state index contributed by atoms with van der Waals surface area (Å²) in [4.78, 5) is 40.9. The SMILES string of the molecule is CC#CCOc1ccc(C[C@H](NC(=O)[C@@H](/C=C/CCCCCCC2(CCCCCCC)OCCO2)[C@@](O)(CCCOC)C(=O)OC(C)(C)C)C(=O)OC)cc1. The van der Waals surface area contributed by atoms with Crippen LogP contribution in [-0.4, -0.2) is 86.6 Å². The molecular weight excluding hydrogens is 702 g/mol. The summed E-state index contributed by atoms with van der Waals surface area (Å²) in [7, 11) is 2.77. The Bertz CT molecular complexity index is 1350. The van der Waals surface area contributed by atoms with Gasteiger partial charge in [-0.2, -0.15) is 0 Å². The van der Waals surface area contributed by atoms with Crippen LogP contribution in [0.3, 0.4) is 0 Å². The van der Waals surface area contributed by atoms with E-state index in [4.69, 9.17) is 28.4 Å². The monoisotopic (exact) mass is 771 g/mol. The van der Waals surface area contributed by atoms with Gasteiger partial charge in [-0.15, -0.1) is 5.92 Å². The largest absolute Gasteiger partial charge is 0.481 e. The Kier molecular flexibility index (Phi) is 22.3. The van der Waals surface area contributed by atoms with Crippen molar-refractivity contribution in [3.05, 3.63) is 42.0 Å². The lowest BCUT2D eigenvalue weighted by Gasteiger charge is -2.35. The molecule has 0 saturated carbocycles. The van der Waals surface area contributed by atoms with Crippen molar-refractivity contribution < 1.29 is 47.9 Å². The molecule has 1 saturated heterocycles. The Morgan fingerprint density at radius 3 is 2.16 bits per heavy atom. The number of unbranched alkanes of at least 4 members (excludes halogenated alkanes) is 8. The van der Waals surface area contributed by atoms with Crippen molar-refractivity contribution in [2.24, 2.45) is 5.92 Å². The molecule has 1 amide bonds. The van der Waals surface area contributed by atoms with Crippen molar-refractivity contribution in [2.75, 3.05) is 40.6 Å². The lowest BCUT2D eigenvalue weighted by atomic mass is 9.81. The van der Waals surface area contributed by atoms with Crippen LogP contribution in [0.15, 0.2) is 36.4 Å². The van der Waals surface area contributed by atoms with Crippen LogP contribution in [-0.2, 0) is 44.5 Å². The minimum absolute atomic E-state index is 0.102. The van der Waals surface area contributed by atoms with Gasteiger partial charge < -0.3 is 38.8 Å². The minimum Gasteiger partial charge on any atom is -0.481 e. The van der Waals surface area contributed by atoms with Gasteiger partial charge in [0.05, 0.1) is 26.2 Å². The molecule has 2 N–H and O–H groups in total. The summed E-state index contributed by atoms with van der Waals surface area (Å²) < 4.78 is 33.7. The molecule has 0 aromatic heterocycles. The smallest absolute Gasteiger partial charge is 0.339 e. The van der Waals surface area contributed by atoms with Crippen molar-refractivity contribution >= 4 is 17.8 Å². The normalized spacial score (nSPS) is 16.1. The quantitative estimate of drug-likeness (QED) is 0.0403. The first-order valence-corrected chi connectivity index (χ1v) is 20.2. The zero-order chi connectivity index (χ0) is 40.6. The molecule has 2 rings (SSSR count). The first kappa shape index (κ1) is 47.7. The van der Waals surface area contributed by atoms with Gasteiger partial charge in [0.15, 0.2) is 11.4 Å². The third-order valence-corrected chi connectivity index (χ3v) is 9.59. The Labute approximate surface area is 330 Å². The van der Waals surface area contributed by atoms with Crippen LogP contribution in [0, 0.1) is 17.8 Å². The summed E-state index contributed by atoms with van der Waals surface area (Å²) in [5.74, 6) is 2.13. The fraction of sp³-hybridized carbons (Fsp3) is 0.705. The number of carbonyl (C=O) groups is 3. The van der Waals surface area contributed by atoms with E-state index < -0.39 is 46.8 Å². The molecule has 0 unspecified atom stereocenters. The Balaban J connectivity index is 2.19. The molecule has 0 radical (unpaired) electrons. The highest BCUT2D eigenvalue weighted by Crippen LogP contribution is 2.33. The number of amides is 1. The van der Waals surface area contributed by atoms with E-state index in [0.29, 0.717) is 25.4 Å².